The fraction of sp³-hybridized carbons (Fsp3) is 0.750. The number of carbonyl (C=O) groups excluding carboxylic acids is 2. The Morgan fingerprint density at radius 1 is 0.485 bits per heavy atom. The van der Waals surface area contributed by atoms with Crippen molar-refractivity contribution in [2.45, 2.75) is 225 Å². The van der Waals surface area contributed by atoms with Crippen molar-refractivity contribution < 1.29 is 42.1 Å². The zero-order valence-corrected chi connectivity index (χ0v) is 44.1. The van der Waals surface area contributed by atoms with E-state index in [1.54, 1.807) is 0 Å². The molecule has 0 aromatic carbocycles. The number of phosphoric acid groups is 1. The molecule has 0 amide bonds. The molecule has 66 heavy (non-hydrogen) atoms. The number of likely N-dealkylation sites (N-methyl/N-ethyl adjacent to an activating group) is 1. The first kappa shape index (κ1) is 63.5. The topological polar surface area (TPSA) is 108 Å². The minimum atomic E-state index is -4.39. The monoisotopic (exact) mass is 947 g/mol. The molecule has 0 bridgehead atoms. The molecule has 0 heterocycles. The Labute approximate surface area is 406 Å². The van der Waals surface area contributed by atoms with Gasteiger partial charge < -0.3 is 18.9 Å². The smallest absolute Gasteiger partial charge is 0.462 e. The predicted molar refractivity (Wildman–Crippen MR) is 279 cm³/mol. The van der Waals surface area contributed by atoms with Crippen LogP contribution in [0.4, 0.5) is 0 Å². The standard InChI is InChI=1S/C56H100NO8P/c1-6-8-10-12-14-16-18-20-22-23-24-25-26-27-28-29-30-31-32-33-35-36-38-40-42-44-46-48-55(58)62-52-54(53-64-66(60,61)63-51-50-57(3,4)5)65-56(59)49-47-45-43-41-39-37-34-21-19-17-15-13-11-9-7-2/h9,11,15,17-18,20-21,23-24,34,39,41,54H,6-8,10,12-14,16,19,22,25-33,35-38,40,42-53H2,1-5H3/p+1/b11-9-,17-15-,20-18-,24-23-,34-21-,41-39-. The second-order valence-corrected chi connectivity index (χ2v) is 20.3. The molecule has 0 aliphatic carbocycles. The van der Waals surface area contributed by atoms with Crippen molar-refractivity contribution in [1.29, 1.82) is 0 Å². The summed E-state index contributed by atoms with van der Waals surface area (Å²) in [5.74, 6) is -0.846. The highest BCUT2D eigenvalue weighted by Gasteiger charge is 2.27. The van der Waals surface area contributed by atoms with Gasteiger partial charge in [0.05, 0.1) is 27.7 Å². The summed E-state index contributed by atoms with van der Waals surface area (Å²) in [6.07, 6.45) is 61.2. The van der Waals surface area contributed by atoms with E-state index in [4.69, 9.17) is 18.5 Å². The molecule has 0 aliphatic rings. The minimum Gasteiger partial charge on any atom is -0.462 e. The molecule has 382 valence electrons. The number of ether oxygens (including phenoxy) is 2. The molecule has 9 nitrogen and oxygen atoms in total. The van der Waals surface area contributed by atoms with Gasteiger partial charge in [-0.15, -0.1) is 0 Å². The number of allylic oxidation sites excluding steroid dienone is 12. The highest BCUT2D eigenvalue weighted by atomic mass is 31.2. The van der Waals surface area contributed by atoms with Crippen LogP contribution in [0.25, 0.3) is 0 Å². The Balaban J connectivity index is 4.17. The Hall–Kier alpha value is -2.55. The number of hydrogen-bond acceptors (Lipinski definition) is 7. The van der Waals surface area contributed by atoms with Crippen LogP contribution >= 0.6 is 7.82 Å². The summed E-state index contributed by atoms with van der Waals surface area (Å²) >= 11 is 0. The van der Waals surface area contributed by atoms with Gasteiger partial charge in [-0.1, -0.05) is 196 Å². The van der Waals surface area contributed by atoms with E-state index in [1.807, 2.05) is 21.1 Å². The molecule has 0 fully saturated rings. The lowest BCUT2D eigenvalue weighted by Crippen LogP contribution is -2.37. The summed E-state index contributed by atoms with van der Waals surface area (Å²) in [5.41, 5.74) is 0. The van der Waals surface area contributed by atoms with Crippen molar-refractivity contribution in [3.63, 3.8) is 0 Å². The lowest BCUT2D eigenvalue weighted by Gasteiger charge is -2.24. The highest BCUT2D eigenvalue weighted by Crippen LogP contribution is 2.43. The number of phosphoric ester groups is 1. The molecule has 0 spiro atoms. The number of nitrogens with zero attached hydrogens (tertiary/aromatic N) is 1. The summed E-state index contributed by atoms with van der Waals surface area (Å²) in [7, 11) is 1.44. The van der Waals surface area contributed by atoms with Crippen LogP contribution in [0.3, 0.4) is 0 Å². The summed E-state index contributed by atoms with van der Waals surface area (Å²) < 4.78 is 34.4. The molecule has 10 heteroatoms. The van der Waals surface area contributed by atoms with Crippen LogP contribution < -0.4 is 0 Å². The van der Waals surface area contributed by atoms with Gasteiger partial charge in [0.2, 0.25) is 0 Å². The molecule has 0 aromatic rings. The number of rotatable bonds is 48. The third-order valence-electron chi connectivity index (χ3n) is 11.2. The SMILES string of the molecule is CC/C=C\C/C=C\C/C=C\C/C=C\CCCCC(=O)OC(COC(=O)CCCCCCCCCCCCCCCCC/C=C\C/C=C\CCCCCCC)COP(=O)(O)OCC[N+](C)(C)C. The molecular weight excluding hydrogens is 846 g/mol. The molecule has 0 rings (SSSR count). The zero-order chi connectivity index (χ0) is 48.5. The van der Waals surface area contributed by atoms with Crippen LogP contribution in [0.2, 0.25) is 0 Å². The Morgan fingerprint density at radius 3 is 1.32 bits per heavy atom. The van der Waals surface area contributed by atoms with E-state index in [9.17, 15) is 19.0 Å². The lowest BCUT2D eigenvalue weighted by atomic mass is 10.0. The normalized spacial score (nSPS) is 14.0. The summed E-state index contributed by atoms with van der Waals surface area (Å²) in [5, 5.41) is 0. The summed E-state index contributed by atoms with van der Waals surface area (Å²) in [6, 6.07) is 0. The first-order valence-electron chi connectivity index (χ1n) is 26.7. The Kier molecular flexibility index (Phi) is 45.7. The second kappa shape index (κ2) is 47.5. The molecule has 0 aliphatic heterocycles. The van der Waals surface area contributed by atoms with Crippen molar-refractivity contribution in [1.82, 2.24) is 0 Å². The van der Waals surface area contributed by atoms with Crippen LogP contribution in [-0.2, 0) is 32.7 Å². The van der Waals surface area contributed by atoms with Crippen molar-refractivity contribution in [3.05, 3.63) is 72.9 Å². The third-order valence-corrected chi connectivity index (χ3v) is 12.2. The van der Waals surface area contributed by atoms with Gasteiger partial charge in [-0.25, -0.2) is 4.57 Å². The van der Waals surface area contributed by atoms with Gasteiger partial charge in [0, 0.05) is 12.8 Å². The maximum absolute atomic E-state index is 12.7. The fourth-order valence-corrected chi connectivity index (χ4v) is 7.84. The number of hydrogen-bond donors (Lipinski definition) is 1. The number of unbranched alkanes of at least 4 members (excludes halogenated alkanes) is 22. The Morgan fingerprint density at radius 2 is 0.864 bits per heavy atom. The van der Waals surface area contributed by atoms with Crippen LogP contribution in [0, 0.1) is 0 Å². The minimum absolute atomic E-state index is 0.0211. The Bertz CT molecular complexity index is 1350. The molecular formula is C56H101NO8P+. The van der Waals surface area contributed by atoms with E-state index >= 15 is 0 Å². The molecule has 0 aromatic heterocycles. The van der Waals surface area contributed by atoms with Crippen molar-refractivity contribution in [2.75, 3.05) is 47.5 Å². The van der Waals surface area contributed by atoms with E-state index < -0.39 is 26.5 Å². The van der Waals surface area contributed by atoms with Crippen LogP contribution in [0.5, 0.6) is 0 Å². The average molecular weight is 947 g/mol. The number of esters is 2. The fourth-order valence-electron chi connectivity index (χ4n) is 7.09. The molecule has 0 radical (unpaired) electrons. The summed E-state index contributed by atoms with van der Waals surface area (Å²) in [6.45, 7) is 4.26. The molecule has 1 N–H and O–H groups in total. The predicted octanol–water partition coefficient (Wildman–Crippen LogP) is 16.1. The van der Waals surface area contributed by atoms with Crippen LogP contribution in [-0.4, -0.2) is 74.9 Å². The molecule has 0 saturated carbocycles. The van der Waals surface area contributed by atoms with Crippen molar-refractivity contribution in [3.8, 4) is 0 Å². The van der Waals surface area contributed by atoms with Gasteiger partial charge in [-0.2, -0.15) is 0 Å². The highest BCUT2D eigenvalue weighted by molar-refractivity contribution is 7.47. The maximum atomic E-state index is 12.7. The van der Waals surface area contributed by atoms with Gasteiger partial charge in [0.1, 0.15) is 19.8 Å². The summed E-state index contributed by atoms with van der Waals surface area (Å²) in [4.78, 5) is 35.5. The first-order chi connectivity index (χ1) is 32.0. The lowest BCUT2D eigenvalue weighted by molar-refractivity contribution is -0.870. The number of quaternary nitrogens is 1. The first-order valence-corrected chi connectivity index (χ1v) is 28.2. The van der Waals surface area contributed by atoms with Crippen LogP contribution in [0.1, 0.15) is 219 Å². The van der Waals surface area contributed by atoms with E-state index in [1.165, 1.54) is 122 Å². The van der Waals surface area contributed by atoms with E-state index in [0.29, 0.717) is 17.4 Å². The van der Waals surface area contributed by atoms with E-state index in [0.717, 1.165) is 64.2 Å². The van der Waals surface area contributed by atoms with Gasteiger partial charge in [-0.3, -0.25) is 18.6 Å². The second-order valence-electron chi connectivity index (χ2n) is 18.9. The van der Waals surface area contributed by atoms with Crippen molar-refractivity contribution in [2.24, 2.45) is 0 Å². The number of carbonyl (C=O) groups is 2. The largest absolute Gasteiger partial charge is 0.472 e. The average Bonchev–Trinajstić information content (AvgIpc) is 3.27. The molecule has 2 atom stereocenters. The van der Waals surface area contributed by atoms with Gasteiger partial charge in [0.15, 0.2) is 6.10 Å². The van der Waals surface area contributed by atoms with Gasteiger partial charge >= 0.3 is 19.8 Å². The van der Waals surface area contributed by atoms with E-state index in [-0.39, 0.29) is 32.0 Å². The maximum Gasteiger partial charge on any atom is 0.472 e. The zero-order valence-electron chi connectivity index (χ0n) is 43.2. The quantitative estimate of drug-likeness (QED) is 0.0211. The van der Waals surface area contributed by atoms with E-state index in [2.05, 4.69) is 86.8 Å². The molecule has 0 saturated heterocycles. The third kappa shape index (κ3) is 50.9. The van der Waals surface area contributed by atoms with Gasteiger partial charge in [-0.05, 0) is 83.5 Å². The van der Waals surface area contributed by atoms with Gasteiger partial charge in [0.25, 0.3) is 0 Å². The van der Waals surface area contributed by atoms with Crippen molar-refractivity contribution >= 4 is 19.8 Å². The molecule has 2 unspecified atom stereocenters. The van der Waals surface area contributed by atoms with Crippen LogP contribution in [0.15, 0.2) is 72.9 Å².